The lowest BCUT2D eigenvalue weighted by molar-refractivity contribution is -0.185. The number of amides is 2. The summed E-state index contributed by atoms with van der Waals surface area (Å²) in [6.07, 6.45) is 1.59. The van der Waals surface area contributed by atoms with Crippen LogP contribution < -0.4 is 9.80 Å². The Labute approximate surface area is 204 Å². The summed E-state index contributed by atoms with van der Waals surface area (Å²) in [6, 6.07) is 13.9. The molecule has 1 atom stereocenters. The van der Waals surface area contributed by atoms with E-state index in [1.165, 1.54) is 11.8 Å². The Bertz CT molecular complexity index is 1150. The third kappa shape index (κ3) is 3.23. The van der Waals surface area contributed by atoms with Crippen molar-refractivity contribution in [3.05, 3.63) is 59.2 Å². The molecule has 4 aliphatic heterocycles. The minimum absolute atomic E-state index is 0.0336. The second-order valence-corrected chi connectivity index (χ2v) is 10.7. The van der Waals surface area contributed by atoms with Crippen LogP contribution in [0.3, 0.4) is 0 Å². The molecule has 4 aliphatic rings. The summed E-state index contributed by atoms with van der Waals surface area (Å²) in [5.41, 5.74) is 4.82. The fourth-order valence-electron chi connectivity index (χ4n) is 5.58. The third-order valence-corrected chi connectivity index (χ3v) is 8.97. The van der Waals surface area contributed by atoms with Crippen molar-refractivity contribution < 1.29 is 19.1 Å². The number of rotatable bonds is 3. The fraction of sp³-hybridized carbons (Fsp3) is 0.462. The van der Waals surface area contributed by atoms with Gasteiger partial charge in [0.05, 0.1) is 31.3 Å². The molecule has 2 amide bonds. The average molecular weight is 480 g/mol. The Morgan fingerprint density at radius 1 is 0.971 bits per heavy atom. The van der Waals surface area contributed by atoms with Crippen molar-refractivity contribution in [2.75, 3.05) is 48.5 Å². The lowest BCUT2D eigenvalue weighted by atomic mass is 10.0. The van der Waals surface area contributed by atoms with Crippen molar-refractivity contribution in [3.63, 3.8) is 0 Å². The summed E-state index contributed by atoms with van der Waals surface area (Å²) in [5, 5.41) is 0. The largest absolute Gasteiger partial charge is 0.347 e. The van der Waals surface area contributed by atoms with Gasteiger partial charge in [0.25, 0.3) is 5.91 Å². The lowest BCUT2D eigenvalue weighted by Crippen LogP contribution is -2.53. The number of hydrogen-bond acceptors (Lipinski definition) is 6. The van der Waals surface area contributed by atoms with Gasteiger partial charge in [-0.2, -0.15) is 0 Å². The highest BCUT2D eigenvalue weighted by molar-refractivity contribution is 8.02. The number of anilines is 2. The van der Waals surface area contributed by atoms with Crippen LogP contribution in [0.5, 0.6) is 0 Å². The summed E-state index contributed by atoms with van der Waals surface area (Å²) >= 11 is 1.43. The van der Waals surface area contributed by atoms with Gasteiger partial charge in [0, 0.05) is 37.2 Å². The average Bonchev–Trinajstić information content (AvgIpc) is 3.51. The van der Waals surface area contributed by atoms with Gasteiger partial charge in [-0.05, 0) is 43.2 Å². The second kappa shape index (κ2) is 8.09. The minimum atomic E-state index is -1.07. The fourth-order valence-corrected chi connectivity index (χ4v) is 6.94. The summed E-state index contributed by atoms with van der Waals surface area (Å²) in [7, 11) is 0. The van der Waals surface area contributed by atoms with Crippen molar-refractivity contribution in [2.24, 2.45) is 0 Å². The number of hydrogen-bond donors (Lipinski definition) is 0. The zero-order valence-corrected chi connectivity index (χ0v) is 20.4. The van der Waals surface area contributed by atoms with Crippen molar-refractivity contribution in [1.82, 2.24) is 4.90 Å². The van der Waals surface area contributed by atoms with Crippen LogP contribution in [0.15, 0.2) is 42.5 Å². The van der Waals surface area contributed by atoms with E-state index in [0.29, 0.717) is 19.9 Å². The number of para-hydroxylation sites is 1. The zero-order valence-electron chi connectivity index (χ0n) is 19.6. The van der Waals surface area contributed by atoms with Crippen LogP contribution >= 0.6 is 11.8 Å². The Hall–Kier alpha value is -2.39. The van der Waals surface area contributed by atoms with Gasteiger partial charge in [-0.1, -0.05) is 24.3 Å². The standard InChI is InChI=1S/C26H29N3O4S/c1-18-7-8-20(15-19(18)2)29-23(30)16-34-26(29)21-5-3-4-6-22(21)28(24(26)31)17-27-11-9-25(10-12-27)32-13-14-33-25/h3-8,15H,9-14,16-17H2,1-2H3/t26-/m0/s1. The molecule has 3 fully saturated rings. The smallest absolute Gasteiger partial charge is 0.269 e. The third-order valence-electron chi connectivity index (χ3n) is 7.59. The Balaban J connectivity index is 1.34. The molecule has 8 heteroatoms. The number of aryl methyl sites for hydroxylation is 2. The van der Waals surface area contributed by atoms with Gasteiger partial charge in [-0.15, -0.1) is 11.8 Å². The number of carbonyl (C=O) groups excluding carboxylic acids is 2. The molecule has 0 unspecified atom stereocenters. The van der Waals surface area contributed by atoms with Gasteiger partial charge in [0.15, 0.2) is 5.79 Å². The number of likely N-dealkylation sites (tertiary alicyclic amines) is 1. The quantitative estimate of drug-likeness (QED) is 0.673. The number of thioether (sulfide) groups is 1. The van der Waals surface area contributed by atoms with Gasteiger partial charge in [-0.25, -0.2) is 0 Å². The first-order valence-electron chi connectivity index (χ1n) is 11.9. The van der Waals surface area contributed by atoms with Gasteiger partial charge in [0.2, 0.25) is 10.8 Å². The molecule has 178 valence electrons. The first kappa shape index (κ1) is 22.1. The van der Waals surface area contributed by atoms with Crippen LogP contribution in [0, 0.1) is 13.8 Å². The van der Waals surface area contributed by atoms with E-state index in [1.807, 2.05) is 54.3 Å². The highest BCUT2D eigenvalue weighted by Gasteiger charge is 2.61. The van der Waals surface area contributed by atoms with Crippen LogP contribution in [-0.4, -0.2) is 61.2 Å². The molecule has 0 radical (unpaired) electrons. The monoisotopic (exact) mass is 479 g/mol. The molecule has 0 N–H and O–H groups in total. The van der Waals surface area contributed by atoms with Crippen LogP contribution in [0.2, 0.25) is 0 Å². The highest BCUT2D eigenvalue weighted by atomic mass is 32.2. The SMILES string of the molecule is Cc1ccc(N2C(=O)CS[C@@]23C(=O)N(CN2CCC4(CC2)OCCO4)c2ccccc23)cc1C. The molecule has 6 rings (SSSR count). The van der Waals surface area contributed by atoms with E-state index < -0.39 is 10.7 Å². The van der Waals surface area contributed by atoms with Crippen molar-refractivity contribution >= 4 is 35.0 Å². The number of benzene rings is 2. The summed E-state index contributed by atoms with van der Waals surface area (Å²) < 4.78 is 11.7. The Morgan fingerprint density at radius 2 is 1.71 bits per heavy atom. The normalized spacial score (nSPS) is 26.3. The number of piperidine rings is 1. The Morgan fingerprint density at radius 3 is 2.44 bits per heavy atom. The molecule has 2 aromatic carbocycles. The number of ether oxygens (including phenoxy) is 2. The summed E-state index contributed by atoms with van der Waals surface area (Å²) in [6.45, 7) is 7.48. The van der Waals surface area contributed by atoms with Gasteiger partial charge in [-0.3, -0.25) is 24.3 Å². The molecule has 34 heavy (non-hydrogen) atoms. The molecule has 4 heterocycles. The lowest BCUT2D eigenvalue weighted by Gasteiger charge is -2.39. The van der Waals surface area contributed by atoms with Gasteiger partial charge < -0.3 is 9.47 Å². The zero-order chi connectivity index (χ0) is 23.5. The van der Waals surface area contributed by atoms with E-state index in [9.17, 15) is 9.59 Å². The Kier molecular flexibility index (Phi) is 5.26. The maximum atomic E-state index is 14.2. The van der Waals surface area contributed by atoms with Crippen LogP contribution in [-0.2, 0) is 23.9 Å². The van der Waals surface area contributed by atoms with E-state index in [4.69, 9.17) is 9.47 Å². The molecule has 0 aliphatic carbocycles. The van der Waals surface area contributed by atoms with E-state index in [2.05, 4.69) is 11.8 Å². The van der Waals surface area contributed by atoms with Crippen molar-refractivity contribution in [2.45, 2.75) is 37.3 Å². The topological polar surface area (TPSA) is 62.3 Å². The first-order valence-corrected chi connectivity index (χ1v) is 12.9. The predicted molar refractivity (Wildman–Crippen MR) is 132 cm³/mol. The number of carbonyl (C=O) groups is 2. The van der Waals surface area contributed by atoms with E-state index >= 15 is 0 Å². The molecule has 0 aromatic heterocycles. The number of nitrogens with zero attached hydrogens (tertiary/aromatic N) is 3. The summed E-state index contributed by atoms with van der Waals surface area (Å²) in [5.74, 6) is -0.245. The van der Waals surface area contributed by atoms with Crippen LogP contribution in [0.25, 0.3) is 0 Å². The van der Waals surface area contributed by atoms with Crippen molar-refractivity contribution in [3.8, 4) is 0 Å². The molecule has 2 aromatic rings. The molecule has 0 saturated carbocycles. The van der Waals surface area contributed by atoms with E-state index in [-0.39, 0.29) is 17.6 Å². The van der Waals surface area contributed by atoms with Gasteiger partial charge in [0.1, 0.15) is 0 Å². The van der Waals surface area contributed by atoms with Crippen molar-refractivity contribution in [1.29, 1.82) is 0 Å². The molecule has 2 spiro atoms. The van der Waals surface area contributed by atoms with Crippen LogP contribution in [0.1, 0.15) is 29.5 Å². The van der Waals surface area contributed by atoms with Gasteiger partial charge >= 0.3 is 0 Å². The molecular formula is C26H29N3O4S. The molecule has 7 nitrogen and oxygen atoms in total. The number of fused-ring (bicyclic) bond motifs is 2. The second-order valence-electron chi connectivity index (χ2n) is 9.55. The maximum absolute atomic E-state index is 14.2. The van der Waals surface area contributed by atoms with E-state index in [1.54, 1.807) is 4.90 Å². The minimum Gasteiger partial charge on any atom is -0.347 e. The van der Waals surface area contributed by atoms with E-state index in [0.717, 1.165) is 54.0 Å². The molecule has 0 bridgehead atoms. The molecular weight excluding hydrogens is 450 g/mol. The highest BCUT2D eigenvalue weighted by Crippen LogP contribution is 2.55. The predicted octanol–water partition coefficient (Wildman–Crippen LogP) is 3.38. The first-order chi connectivity index (χ1) is 16.4. The summed E-state index contributed by atoms with van der Waals surface area (Å²) in [4.78, 5) is 32.3. The maximum Gasteiger partial charge on any atom is 0.269 e. The van der Waals surface area contributed by atoms with Crippen LogP contribution in [0.4, 0.5) is 11.4 Å². The molecule has 3 saturated heterocycles.